The quantitative estimate of drug-likeness (QED) is 0.557. The summed E-state index contributed by atoms with van der Waals surface area (Å²) in [6.45, 7) is 2.58. The Balaban J connectivity index is 1.59. The first kappa shape index (κ1) is 20.5. The van der Waals surface area contributed by atoms with E-state index in [9.17, 15) is 10.2 Å². The maximum Gasteiger partial charge on any atom is 0.0815 e. The second-order valence-electron chi connectivity index (χ2n) is 7.53. The van der Waals surface area contributed by atoms with Crippen LogP contribution in [-0.2, 0) is 6.61 Å². The molecule has 0 fully saturated rings. The Kier molecular flexibility index (Phi) is 6.81. The smallest absolute Gasteiger partial charge is 0.0815 e. The Bertz CT molecular complexity index is 894. The minimum Gasteiger partial charge on any atom is -0.392 e. The molecule has 0 spiro atoms. The van der Waals surface area contributed by atoms with Crippen molar-refractivity contribution in [3.05, 3.63) is 83.4 Å². The molecule has 0 radical (unpaired) electrons. The van der Waals surface area contributed by atoms with Gasteiger partial charge in [0.05, 0.1) is 18.8 Å². The number of aliphatic hydroxyl groups excluding tert-OH is 3. The fourth-order valence-corrected chi connectivity index (χ4v) is 3.53. The molecule has 3 N–H and O–H groups in total. The summed E-state index contributed by atoms with van der Waals surface area (Å²) >= 11 is 0. The van der Waals surface area contributed by atoms with Gasteiger partial charge in [-0.25, -0.2) is 0 Å². The van der Waals surface area contributed by atoms with Gasteiger partial charge in [0.2, 0.25) is 0 Å². The van der Waals surface area contributed by atoms with Crippen molar-refractivity contribution in [2.45, 2.75) is 38.2 Å². The van der Waals surface area contributed by atoms with E-state index in [-0.39, 0.29) is 19.1 Å². The van der Waals surface area contributed by atoms with Crippen LogP contribution in [-0.4, -0.2) is 39.9 Å². The van der Waals surface area contributed by atoms with Gasteiger partial charge in [0.25, 0.3) is 0 Å². The summed E-state index contributed by atoms with van der Waals surface area (Å²) in [4.78, 5) is 2.11. The lowest BCUT2D eigenvalue weighted by Crippen LogP contribution is -2.32. The monoisotopic (exact) mass is 379 g/mol. The predicted molar refractivity (Wildman–Crippen MR) is 113 cm³/mol. The highest BCUT2D eigenvalue weighted by Crippen LogP contribution is 2.25. The van der Waals surface area contributed by atoms with E-state index in [1.807, 2.05) is 19.2 Å². The highest BCUT2D eigenvalue weighted by atomic mass is 16.3. The van der Waals surface area contributed by atoms with E-state index < -0.39 is 12.2 Å². The van der Waals surface area contributed by atoms with E-state index in [0.29, 0.717) is 6.54 Å². The van der Waals surface area contributed by atoms with Crippen molar-refractivity contribution in [1.29, 1.82) is 0 Å². The summed E-state index contributed by atoms with van der Waals surface area (Å²) in [6, 6.07) is 22.1. The van der Waals surface area contributed by atoms with Crippen molar-refractivity contribution in [2.75, 3.05) is 13.6 Å². The van der Waals surface area contributed by atoms with Crippen molar-refractivity contribution >= 4 is 10.8 Å². The van der Waals surface area contributed by atoms with Crippen molar-refractivity contribution in [3.63, 3.8) is 0 Å². The molecule has 0 aliphatic carbocycles. The highest BCUT2D eigenvalue weighted by molar-refractivity contribution is 5.83. The van der Waals surface area contributed by atoms with Crippen LogP contribution >= 0.6 is 0 Å². The normalized spacial score (nSPS) is 14.9. The second-order valence-corrected chi connectivity index (χ2v) is 7.53. The van der Waals surface area contributed by atoms with Gasteiger partial charge in [-0.1, -0.05) is 60.7 Å². The molecule has 3 atom stereocenters. The number of aliphatic hydroxyl groups is 3. The molecule has 3 aromatic rings. The molecule has 0 heterocycles. The molecule has 0 aliphatic heterocycles. The third-order valence-electron chi connectivity index (χ3n) is 5.46. The Morgan fingerprint density at radius 1 is 0.857 bits per heavy atom. The molecule has 0 unspecified atom stereocenters. The third kappa shape index (κ3) is 4.97. The summed E-state index contributed by atoms with van der Waals surface area (Å²) in [5, 5.41) is 32.4. The molecule has 0 aliphatic rings. The second kappa shape index (κ2) is 9.30. The number of rotatable bonds is 8. The fraction of sp³-hybridized carbons (Fsp3) is 0.333. The van der Waals surface area contributed by atoms with E-state index >= 15 is 0 Å². The van der Waals surface area contributed by atoms with Gasteiger partial charge >= 0.3 is 0 Å². The van der Waals surface area contributed by atoms with Crippen LogP contribution in [0.15, 0.2) is 66.7 Å². The molecule has 3 aromatic carbocycles. The minimum atomic E-state index is -0.730. The zero-order valence-corrected chi connectivity index (χ0v) is 16.5. The molecule has 0 saturated heterocycles. The van der Waals surface area contributed by atoms with Gasteiger partial charge in [-0.15, -0.1) is 0 Å². The standard InChI is InChI=1S/C24H29NO3/c1-17(21-12-11-19-5-3-4-6-22(19)13-21)25(2)15-23(27)14-24(28)20-9-7-18(16-26)8-10-20/h3-13,17,23-24,26-28H,14-16H2,1-2H3/t17-,23+,24-/m1/s1. The van der Waals surface area contributed by atoms with E-state index in [4.69, 9.17) is 5.11 Å². The van der Waals surface area contributed by atoms with E-state index in [1.165, 1.54) is 16.3 Å². The summed E-state index contributed by atoms with van der Waals surface area (Å²) < 4.78 is 0. The number of likely N-dealkylation sites (N-methyl/N-ethyl adjacent to an activating group) is 1. The first-order valence-corrected chi connectivity index (χ1v) is 9.72. The number of fused-ring (bicyclic) bond motifs is 1. The van der Waals surface area contributed by atoms with Gasteiger partial charge in [-0.3, -0.25) is 4.90 Å². The first-order chi connectivity index (χ1) is 13.5. The summed E-state index contributed by atoms with van der Waals surface area (Å²) in [5.41, 5.74) is 2.76. The van der Waals surface area contributed by atoms with Crippen LogP contribution in [0.25, 0.3) is 10.8 Å². The number of benzene rings is 3. The van der Waals surface area contributed by atoms with Gasteiger partial charge in [0.15, 0.2) is 0 Å². The predicted octanol–water partition coefficient (Wildman–Crippen LogP) is 3.81. The lowest BCUT2D eigenvalue weighted by molar-refractivity contribution is 0.0514. The van der Waals surface area contributed by atoms with Crippen LogP contribution in [0.2, 0.25) is 0 Å². The molecule has 0 saturated carbocycles. The Morgan fingerprint density at radius 3 is 2.18 bits per heavy atom. The molecule has 4 heteroatoms. The summed E-state index contributed by atoms with van der Waals surface area (Å²) in [6.07, 6.45) is -1.10. The number of nitrogens with zero attached hydrogens (tertiary/aromatic N) is 1. The van der Waals surface area contributed by atoms with Crippen LogP contribution in [0, 0.1) is 0 Å². The summed E-state index contributed by atoms with van der Waals surface area (Å²) in [7, 11) is 1.99. The first-order valence-electron chi connectivity index (χ1n) is 9.72. The van der Waals surface area contributed by atoms with E-state index in [1.54, 1.807) is 24.3 Å². The molecule has 0 amide bonds. The molecule has 0 bridgehead atoms. The Labute approximate surface area is 166 Å². The minimum absolute atomic E-state index is 0.0174. The molecule has 3 rings (SSSR count). The lowest BCUT2D eigenvalue weighted by atomic mass is 10.00. The van der Waals surface area contributed by atoms with E-state index in [2.05, 4.69) is 42.2 Å². The van der Waals surface area contributed by atoms with Gasteiger partial charge in [0.1, 0.15) is 0 Å². The maximum absolute atomic E-state index is 10.5. The van der Waals surface area contributed by atoms with Crippen molar-refractivity contribution in [2.24, 2.45) is 0 Å². The van der Waals surface area contributed by atoms with Crippen molar-refractivity contribution in [1.82, 2.24) is 4.90 Å². The third-order valence-corrected chi connectivity index (χ3v) is 5.46. The molecule has 4 nitrogen and oxygen atoms in total. The average Bonchev–Trinajstić information content (AvgIpc) is 2.72. The molecular weight excluding hydrogens is 350 g/mol. The molecule has 0 aromatic heterocycles. The van der Waals surface area contributed by atoms with Crippen LogP contribution in [0.1, 0.15) is 42.2 Å². The topological polar surface area (TPSA) is 63.9 Å². The molecule has 148 valence electrons. The highest BCUT2D eigenvalue weighted by Gasteiger charge is 2.19. The van der Waals surface area contributed by atoms with Crippen LogP contribution in [0.3, 0.4) is 0 Å². The zero-order valence-electron chi connectivity index (χ0n) is 16.5. The largest absolute Gasteiger partial charge is 0.392 e. The molecule has 28 heavy (non-hydrogen) atoms. The summed E-state index contributed by atoms with van der Waals surface area (Å²) in [5.74, 6) is 0. The van der Waals surface area contributed by atoms with Crippen LogP contribution in [0.5, 0.6) is 0 Å². The average molecular weight is 380 g/mol. The Morgan fingerprint density at radius 2 is 1.50 bits per heavy atom. The Hall–Kier alpha value is -2.24. The van der Waals surface area contributed by atoms with Gasteiger partial charge in [0, 0.05) is 19.0 Å². The number of hydrogen-bond donors (Lipinski definition) is 3. The van der Waals surface area contributed by atoms with Gasteiger partial charge < -0.3 is 15.3 Å². The van der Waals surface area contributed by atoms with Crippen molar-refractivity contribution in [3.8, 4) is 0 Å². The van der Waals surface area contributed by atoms with Gasteiger partial charge in [-0.2, -0.15) is 0 Å². The fourth-order valence-electron chi connectivity index (χ4n) is 3.53. The maximum atomic E-state index is 10.5. The van der Waals surface area contributed by atoms with Gasteiger partial charge in [-0.05, 0) is 47.5 Å². The number of hydrogen-bond acceptors (Lipinski definition) is 4. The SMILES string of the molecule is C[C@H](c1ccc2ccccc2c1)N(C)C[C@@H](O)C[C@@H](O)c1ccc(CO)cc1. The van der Waals surface area contributed by atoms with Crippen molar-refractivity contribution < 1.29 is 15.3 Å². The molecular formula is C24H29NO3. The lowest BCUT2D eigenvalue weighted by Gasteiger charge is -2.28. The van der Waals surface area contributed by atoms with Crippen LogP contribution < -0.4 is 0 Å². The van der Waals surface area contributed by atoms with Crippen LogP contribution in [0.4, 0.5) is 0 Å². The van der Waals surface area contributed by atoms with E-state index in [0.717, 1.165) is 11.1 Å². The zero-order chi connectivity index (χ0) is 20.1.